The molecule has 0 aromatic rings. The zero-order chi connectivity index (χ0) is 19.4. The van der Waals surface area contributed by atoms with Gasteiger partial charge in [-0.3, -0.25) is 9.59 Å². The molecule has 0 amide bonds. The van der Waals surface area contributed by atoms with E-state index in [1.165, 1.54) is 13.8 Å². The van der Waals surface area contributed by atoms with Gasteiger partial charge in [0.15, 0.2) is 18.5 Å². The number of ether oxygens (including phenoxy) is 4. The van der Waals surface area contributed by atoms with Crippen molar-refractivity contribution in [2.45, 2.75) is 81.9 Å². The van der Waals surface area contributed by atoms with Crippen LogP contribution in [0.5, 0.6) is 0 Å². The van der Waals surface area contributed by atoms with E-state index in [-0.39, 0.29) is 24.7 Å². The van der Waals surface area contributed by atoms with E-state index in [0.29, 0.717) is 19.3 Å². The fraction of sp³-hybridized carbons (Fsp3) is 0.875. The molecule has 1 unspecified atom stereocenters. The Morgan fingerprint density at radius 1 is 0.962 bits per heavy atom. The third-order valence-electron chi connectivity index (χ3n) is 4.61. The van der Waals surface area contributed by atoms with Gasteiger partial charge in [-0.05, 0) is 19.3 Å². The number of esters is 2. The van der Waals surface area contributed by atoms with Crippen molar-refractivity contribution in [1.29, 1.82) is 0 Å². The van der Waals surface area contributed by atoms with Gasteiger partial charge in [-0.25, -0.2) is 0 Å². The van der Waals surface area contributed by atoms with Crippen LogP contribution in [0.4, 0.5) is 0 Å². The van der Waals surface area contributed by atoms with Gasteiger partial charge in [-0.1, -0.05) is 0 Å². The highest BCUT2D eigenvalue weighted by Crippen LogP contribution is 2.29. The Balaban J connectivity index is 2.20. The van der Waals surface area contributed by atoms with Crippen LogP contribution in [-0.4, -0.2) is 67.3 Å². The summed E-state index contributed by atoms with van der Waals surface area (Å²) in [5.41, 5.74) is 23.9. The van der Waals surface area contributed by atoms with Gasteiger partial charge in [0.2, 0.25) is 0 Å². The second-order valence-electron chi connectivity index (χ2n) is 6.99. The third-order valence-corrected chi connectivity index (χ3v) is 4.61. The zero-order valence-corrected chi connectivity index (χ0v) is 15.2. The topological polar surface area (TPSA) is 175 Å². The molecule has 0 aromatic heterocycles. The number of hydrogen-bond acceptors (Lipinski definition) is 10. The first-order valence-corrected chi connectivity index (χ1v) is 8.83. The Hall–Kier alpha value is -1.30. The maximum atomic E-state index is 11.6. The lowest BCUT2D eigenvalue weighted by Crippen LogP contribution is -2.65. The minimum absolute atomic E-state index is 0.0867. The van der Waals surface area contributed by atoms with Crippen molar-refractivity contribution >= 4 is 11.9 Å². The van der Waals surface area contributed by atoms with Crippen LogP contribution in [0.25, 0.3) is 0 Å². The van der Waals surface area contributed by atoms with Crippen LogP contribution in [0.15, 0.2) is 0 Å². The summed E-state index contributed by atoms with van der Waals surface area (Å²) in [6, 6.07) is -0.934. The largest absolute Gasteiger partial charge is 0.457 e. The summed E-state index contributed by atoms with van der Waals surface area (Å²) in [6.07, 6.45) is -1.93. The van der Waals surface area contributed by atoms with E-state index in [9.17, 15) is 9.59 Å². The number of rotatable bonds is 5. The molecule has 8 atom stereocenters. The summed E-state index contributed by atoms with van der Waals surface area (Å²) >= 11 is 0. The minimum atomic E-state index is -1.01. The van der Waals surface area contributed by atoms with Gasteiger partial charge in [0.25, 0.3) is 0 Å². The van der Waals surface area contributed by atoms with Crippen LogP contribution in [0.2, 0.25) is 0 Å². The Morgan fingerprint density at radius 2 is 1.50 bits per heavy atom. The maximum absolute atomic E-state index is 11.6. The fourth-order valence-corrected chi connectivity index (χ4v) is 3.55. The van der Waals surface area contributed by atoms with Gasteiger partial charge in [0.1, 0.15) is 0 Å². The highest BCUT2D eigenvalue weighted by molar-refractivity contribution is 5.67. The summed E-state index contributed by atoms with van der Waals surface area (Å²) in [5.74, 6) is -1.12. The van der Waals surface area contributed by atoms with Gasteiger partial charge >= 0.3 is 11.9 Å². The number of nitrogens with two attached hydrogens (primary N) is 4. The molecule has 0 radical (unpaired) electrons. The number of hydrogen-bond donors (Lipinski definition) is 4. The Kier molecular flexibility index (Phi) is 7.33. The molecule has 0 aromatic carbocycles. The van der Waals surface area contributed by atoms with E-state index in [0.717, 1.165) is 0 Å². The Morgan fingerprint density at radius 3 is 2.00 bits per heavy atom. The highest BCUT2D eigenvalue weighted by Gasteiger charge is 2.49. The molecule has 10 heteroatoms. The lowest BCUT2D eigenvalue weighted by atomic mass is 9.89. The van der Waals surface area contributed by atoms with Gasteiger partial charge in [-0.15, -0.1) is 0 Å². The first-order valence-electron chi connectivity index (χ1n) is 8.83. The summed E-state index contributed by atoms with van der Waals surface area (Å²) in [5, 5.41) is 0. The molecule has 2 rings (SSSR count). The van der Waals surface area contributed by atoms with Gasteiger partial charge < -0.3 is 41.9 Å². The molecule has 26 heavy (non-hydrogen) atoms. The molecule has 10 nitrogen and oxygen atoms in total. The Bertz CT molecular complexity index is 497. The molecule has 1 heterocycles. The summed E-state index contributed by atoms with van der Waals surface area (Å²) in [4.78, 5) is 23.1. The van der Waals surface area contributed by atoms with Crippen molar-refractivity contribution in [2.24, 2.45) is 22.9 Å². The predicted octanol–water partition coefficient (Wildman–Crippen LogP) is -1.92. The molecular weight excluding hydrogens is 344 g/mol. The summed E-state index contributed by atoms with van der Waals surface area (Å²) in [7, 11) is 0. The summed E-state index contributed by atoms with van der Waals surface area (Å²) < 4.78 is 22.5. The van der Waals surface area contributed by atoms with Crippen LogP contribution in [0, 0.1) is 0 Å². The quantitative estimate of drug-likeness (QED) is 0.397. The van der Waals surface area contributed by atoms with E-state index in [4.69, 9.17) is 41.9 Å². The van der Waals surface area contributed by atoms with Crippen molar-refractivity contribution in [3.05, 3.63) is 0 Å². The average Bonchev–Trinajstić information content (AvgIpc) is 2.51. The van der Waals surface area contributed by atoms with Crippen LogP contribution >= 0.6 is 0 Å². The molecule has 0 bridgehead atoms. The first-order chi connectivity index (χ1) is 12.2. The monoisotopic (exact) mass is 374 g/mol. The fourth-order valence-electron chi connectivity index (χ4n) is 3.55. The van der Waals surface area contributed by atoms with E-state index >= 15 is 0 Å². The number of carbonyl (C=O) groups excluding carboxylic acids is 2. The number of carbonyl (C=O) groups is 2. The van der Waals surface area contributed by atoms with Gasteiger partial charge in [-0.2, -0.15) is 0 Å². The van der Waals surface area contributed by atoms with Crippen molar-refractivity contribution < 1.29 is 28.5 Å². The second kappa shape index (κ2) is 9.07. The highest BCUT2D eigenvalue weighted by atomic mass is 16.7. The lowest BCUT2D eigenvalue weighted by Gasteiger charge is -2.45. The normalized spacial score (nSPS) is 40.7. The molecule has 0 spiro atoms. The van der Waals surface area contributed by atoms with Crippen LogP contribution in [0.3, 0.4) is 0 Å². The smallest absolute Gasteiger partial charge is 0.303 e. The van der Waals surface area contributed by atoms with Gasteiger partial charge in [0, 0.05) is 32.5 Å². The molecule has 2 fully saturated rings. The van der Waals surface area contributed by atoms with Crippen molar-refractivity contribution in [3.63, 3.8) is 0 Å². The molecule has 150 valence electrons. The molecule has 1 saturated carbocycles. The summed E-state index contributed by atoms with van der Waals surface area (Å²) in [6.45, 7) is 2.59. The maximum Gasteiger partial charge on any atom is 0.303 e. The van der Waals surface area contributed by atoms with Crippen molar-refractivity contribution in [1.82, 2.24) is 0 Å². The van der Waals surface area contributed by atoms with E-state index in [2.05, 4.69) is 0 Å². The third kappa shape index (κ3) is 5.35. The average molecular weight is 374 g/mol. The standard InChI is InChI=1S/C16H30N4O6/c1-7(21)23-14-13(20)12(6-17)26-16(15(14)24-8(2)22)25-11-4-9(18)3-10(19)5-11/h9-16H,3-6,17-20H2,1-2H3/t9-,10+,11?,12-,13-,14+,15-,16-/m1/s1. The SMILES string of the molecule is CC(=O)O[C@H]1[C@H](OC2C[C@@H](N)C[C@@H](N)C2)O[C@H](CN)[C@@H](N)[C@@H]1OC(C)=O. The van der Waals surface area contributed by atoms with Crippen LogP contribution in [0.1, 0.15) is 33.1 Å². The van der Waals surface area contributed by atoms with Crippen molar-refractivity contribution in [3.8, 4) is 0 Å². The van der Waals surface area contributed by atoms with E-state index < -0.39 is 42.6 Å². The van der Waals surface area contributed by atoms with Crippen LogP contribution in [-0.2, 0) is 28.5 Å². The minimum Gasteiger partial charge on any atom is -0.457 e. The van der Waals surface area contributed by atoms with Crippen molar-refractivity contribution in [2.75, 3.05) is 6.54 Å². The van der Waals surface area contributed by atoms with E-state index in [1.807, 2.05) is 0 Å². The Labute approximate surface area is 152 Å². The van der Waals surface area contributed by atoms with Gasteiger partial charge in [0.05, 0.1) is 18.2 Å². The molecular formula is C16H30N4O6. The van der Waals surface area contributed by atoms with E-state index in [1.54, 1.807) is 0 Å². The molecule has 1 saturated heterocycles. The molecule has 2 aliphatic rings. The molecule has 1 aliphatic heterocycles. The molecule has 8 N–H and O–H groups in total. The lowest BCUT2D eigenvalue weighted by molar-refractivity contribution is -0.292. The zero-order valence-electron chi connectivity index (χ0n) is 15.2. The first kappa shape index (κ1) is 21.0. The van der Waals surface area contributed by atoms with Crippen LogP contribution < -0.4 is 22.9 Å². The molecule has 1 aliphatic carbocycles. The second-order valence-corrected chi connectivity index (χ2v) is 6.99. The predicted molar refractivity (Wildman–Crippen MR) is 91.5 cm³/mol.